The highest BCUT2D eigenvalue weighted by Gasteiger charge is 2.18. The molecular weight excluding hydrogens is 445 g/mol. The topological polar surface area (TPSA) is 92.8 Å². The van der Waals surface area contributed by atoms with Crippen molar-refractivity contribution in [3.05, 3.63) is 52.0 Å². The Morgan fingerprint density at radius 1 is 1.23 bits per heavy atom. The van der Waals surface area contributed by atoms with Crippen molar-refractivity contribution in [2.45, 2.75) is 18.6 Å². The SMILES string of the molecule is CCn1c(SCC(=O)Nc2cc(Cl)ccc2C#N)nnc1-c1cc(Cl)ccc1OC. The van der Waals surface area contributed by atoms with Crippen LogP contribution in [0.2, 0.25) is 10.0 Å². The standard InChI is InChI=1S/C20H17Cl2N5O2S/c1-3-27-19(15-8-13(21)6-7-17(15)29-2)25-26-20(27)30-11-18(28)24-16-9-14(22)5-4-12(16)10-23/h4-9H,3,11H2,1-2H3,(H,24,28). The smallest absolute Gasteiger partial charge is 0.234 e. The first-order chi connectivity index (χ1) is 14.5. The average molecular weight is 462 g/mol. The highest BCUT2D eigenvalue weighted by Crippen LogP contribution is 2.33. The van der Waals surface area contributed by atoms with Gasteiger partial charge in [0.15, 0.2) is 11.0 Å². The maximum absolute atomic E-state index is 12.4. The van der Waals surface area contributed by atoms with Crippen LogP contribution in [0.25, 0.3) is 11.4 Å². The molecule has 0 aliphatic carbocycles. The molecule has 0 saturated heterocycles. The maximum Gasteiger partial charge on any atom is 0.234 e. The number of halogens is 2. The van der Waals surface area contributed by atoms with Crippen LogP contribution >= 0.6 is 35.0 Å². The first-order valence-corrected chi connectivity index (χ1v) is 10.6. The van der Waals surface area contributed by atoms with Gasteiger partial charge in [-0.15, -0.1) is 10.2 Å². The van der Waals surface area contributed by atoms with Gasteiger partial charge in [0, 0.05) is 16.6 Å². The van der Waals surface area contributed by atoms with Crippen molar-refractivity contribution in [1.29, 1.82) is 5.26 Å². The minimum Gasteiger partial charge on any atom is -0.496 e. The Morgan fingerprint density at radius 3 is 2.67 bits per heavy atom. The summed E-state index contributed by atoms with van der Waals surface area (Å²) in [5, 5.41) is 22.0. The van der Waals surface area contributed by atoms with E-state index in [2.05, 4.69) is 15.5 Å². The maximum atomic E-state index is 12.4. The molecule has 3 aromatic rings. The van der Waals surface area contributed by atoms with E-state index in [1.807, 2.05) is 17.6 Å². The second-order valence-electron chi connectivity index (χ2n) is 6.03. The molecule has 2 aromatic carbocycles. The number of thioether (sulfide) groups is 1. The van der Waals surface area contributed by atoms with Crippen molar-refractivity contribution in [3.63, 3.8) is 0 Å². The molecular formula is C20H17Cl2N5O2S. The van der Waals surface area contributed by atoms with Crippen molar-refractivity contribution in [3.8, 4) is 23.2 Å². The molecule has 0 unspecified atom stereocenters. The largest absolute Gasteiger partial charge is 0.496 e. The second-order valence-corrected chi connectivity index (χ2v) is 7.85. The molecule has 30 heavy (non-hydrogen) atoms. The number of amides is 1. The van der Waals surface area contributed by atoms with E-state index in [1.54, 1.807) is 43.5 Å². The van der Waals surface area contributed by atoms with E-state index >= 15 is 0 Å². The van der Waals surface area contributed by atoms with Gasteiger partial charge in [-0.1, -0.05) is 35.0 Å². The van der Waals surface area contributed by atoms with Crippen molar-refractivity contribution >= 4 is 46.6 Å². The summed E-state index contributed by atoms with van der Waals surface area (Å²) < 4.78 is 7.29. The molecule has 0 aliphatic rings. The summed E-state index contributed by atoms with van der Waals surface area (Å²) in [6.45, 7) is 2.55. The van der Waals surface area contributed by atoms with Crippen LogP contribution in [0.3, 0.4) is 0 Å². The van der Waals surface area contributed by atoms with Crippen LogP contribution in [-0.2, 0) is 11.3 Å². The van der Waals surface area contributed by atoms with E-state index in [1.165, 1.54) is 11.8 Å². The number of nitriles is 1. The third-order valence-corrected chi connectivity index (χ3v) is 5.58. The summed E-state index contributed by atoms with van der Waals surface area (Å²) in [5.41, 5.74) is 1.43. The number of anilines is 1. The van der Waals surface area contributed by atoms with Crippen LogP contribution < -0.4 is 10.1 Å². The molecule has 0 saturated carbocycles. The Labute approximate surface area is 188 Å². The molecule has 1 aromatic heterocycles. The molecule has 1 amide bonds. The van der Waals surface area contributed by atoms with Gasteiger partial charge in [0.2, 0.25) is 5.91 Å². The Bertz CT molecular complexity index is 1130. The first-order valence-electron chi connectivity index (χ1n) is 8.86. The normalized spacial score (nSPS) is 10.5. The number of carbonyl (C=O) groups excluding carboxylic acids is 1. The zero-order valence-electron chi connectivity index (χ0n) is 16.1. The lowest BCUT2D eigenvalue weighted by Gasteiger charge is -2.11. The van der Waals surface area contributed by atoms with Gasteiger partial charge >= 0.3 is 0 Å². The monoisotopic (exact) mass is 461 g/mol. The number of carbonyl (C=O) groups is 1. The molecule has 0 bridgehead atoms. The molecule has 0 aliphatic heterocycles. The first kappa shape index (κ1) is 22.0. The molecule has 0 radical (unpaired) electrons. The van der Waals surface area contributed by atoms with Gasteiger partial charge < -0.3 is 14.6 Å². The summed E-state index contributed by atoms with van der Waals surface area (Å²) in [4.78, 5) is 12.4. The fraction of sp³-hybridized carbons (Fsp3) is 0.200. The quantitative estimate of drug-likeness (QED) is 0.503. The third kappa shape index (κ3) is 4.87. The second kappa shape index (κ2) is 9.85. The Kier molecular flexibility index (Phi) is 7.21. The minimum absolute atomic E-state index is 0.0855. The van der Waals surface area contributed by atoms with E-state index in [0.29, 0.717) is 50.1 Å². The summed E-state index contributed by atoms with van der Waals surface area (Å²) in [6, 6.07) is 12.0. The lowest BCUT2D eigenvalue weighted by molar-refractivity contribution is -0.113. The molecule has 154 valence electrons. The number of methoxy groups -OCH3 is 1. The summed E-state index contributed by atoms with van der Waals surface area (Å²) >= 11 is 13.3. The number of ether oxygens (including phenoxy) is 1. The predicted octanol–water partition coefficient (Wildman–Crippen LogP) is 4.88. The fourth-order valence-corrected chi connectivity index (χ4v) is 3.92. The molecule has 1 heterocycles. The summed E-state index contributed by atoms with van der Waals surface area (Å²) in [6.07, 6.45) is 0. The summed E-state index contributed by atoms with van der Waals surface area (Å²) in [7, 11) is 1.57. The number of rotatable bonds is 7. The minimum atomic E-state index is -0.286. The Balaban J connectivity index is 1.78. The van der Waals surface area contributed by atoms with Crippen LogP contribution in [0.15, 0.2) is 41.6 Å². The fourth-order valence-electron chi connectivity index (χ4n) is 2.77. The molecule has 0 spiro atoms. The zero-order valence-corrected chi connectivity index (χ0v) is 18.5. The van der Waals surface area contributed by atoms with Crippen LogP contribution in [-0.4, -0.2) is 33.5 Å². The van der Waals surface area contributed by atoms with E-state index in [4.69, 9.17) is 27.9 Å². The van der Waals surface area contributed by atoms with Crippen molar-refractivity contribution < 1.29 is 9.53 Å². The van der Waals surface area contributed by atoms with Gasteiger partial charge in [-0.25, -0.2) is 0 Å². The van der Waals surface area contributed by atoms with Crippen LogP contribution in [0.4, 0.5) is 5.69 Å². The molecule has 7 nitrogen and oxygen atoms in total. The van der Waals surface area contributed by atoms with Gasteiger partial charge in [0.1, 0.15) is 11.8 Å². The van der Waals surface area contributed by atoms with Crippen LogP contribution in [0, 0.1) is 11.3 Å². The van der Waals surface area contributed by atoms with Gasteiger partial charge in [-0.2, -0.15) is 5.26 Å². The van der Waals surface area contributed by atoms with Crippen molar-refractivity contribution in [1.82, 2.24) is 14.8 Å². The lowest BCUT2D eigenvalue weighted by Crippen LogP contribution is -2.15. The Morgan fingerprint density at radius 2 is 1.97 bits per heavy atom. The molecule has 10 heteroatoms. The van der Waals surface area contributed by atoms with E-state index in [-0.39, 0.29) is 11.7 Å². The van der Waals surface area contributed by atoms with Crippen molar-refractivity contribution in [2.75, 3.05) is 18.2 Å². The third-order valence-electron chi connectivity index (χ3n) is 4.14. The Hall–Kier alpha value is -2.73. The van der Waals surface area contributed by atoms with E-state index in [9.17, 15) is 10.1 Å². The molecule has 1 N–H and O–H groups in total. The van der Waals surface area contributed by atoms with Gasteiger partial charge in [-0.3, -0.25) is 4.79 Å². The number of benzene rings is 2. The molecule has 0 atom stereocenters. The number of nitrogens with zero attached hydrogens (tertiary/aromatic N) is 4. The number of nitrogens with one attached hydrogen (secondary N) is 1. The zero-order chi connectivity index (χ0) is 21.7. The van der Waals surface area contributed by atoms with Gasteiger partial charge in [0.05, 0.1) is 29.7 Å². The van der Waals surface area contributed by atoms with Gasteiger partial charge in [0.25, 0.3) is 0 Å². The van der Waals surface area contributed by atoms with Crippen LogP contribution in [0.5, 0.6) is 5.75 Å². The van der Waals surface area contributed by atoms with E-state index < -0.39 is 0 Å². The lowest BCUT2D eigenvalue weighted by atomic mass is 10.2. The summed E-state index contributed by atoms with van der Waals surface area (Å²) in [5.74, 6) is 1.02. The van der Waals surface area contributed by atoms with Crippen LogP contribution in [0.1, 0.15) is 12.5 Å². The number of hydrogen-bond acceptors (Lipinski definition) is 6. The molecule has 0 fully saturated rings. The highest BCUT2D eigenvalue weighted by molar-refractivity contribution is 7.99. The number of hydrogen-bond donors (Lipinski definition) is 1. The number of aromatic nitrogens is 3. The van der Waals surface area contributed by atoms with Gasteiger partial charge in [-0.05, 0) is 43.3 Å². The predicted molar refractivity (Wildman–Crippen MR) is 118 cm³/mol. The van der Waals surface area contributed by atoms with Crippen molar-refractivity contribution in [2.24, 2.45) is 0 Å². The van der Waals surface area contributed by atoms with E-state index in [0.717, 1.165) is 0 Å². The average Bonchev–Trinajstić information content (AvgIpc) is 3.15. The highest BCUT2D eigenvalue weighted by atomic mass is 35.5. The molecule has 3 rings (SSSR count).